The summed E-state index contributed by atoms with van der Waals surface area (Å²) in [5.74, 6) is 0.299. The van der Waals surface area contributed by atoms with Gasteiger partial charge >= 0.3 is 0 Å². The lowest BCUT2D eigenvalue weighted by Gasteiger charge is -2.12. The van der Waals surface area contributed by atoms with Crippen LogP contribution in [-0.4, -0.2) is 15.3 Å². The van der Waals surface area contributed by atoms with Gasteiger partial charge in [0.05, 0.1) is 0 Å². The fourth-order valence-corrected chi connectivity index (χ4v) is 2.04. The van der Waals surface area contributed by atoms with Crippen LogP contribution in [0, 0.1) is 6.92 Å². The third kappa shape index (κ3) is 1.99. The highest BCUT2D eigenvalue weighted by molar-refractivity contribution is 5.76. The van der Waals surface area contributed by atoms with E-state index in [2.05, 4.69) is 0 Å². The molecule has 0 atom stereocenters. The molecule has 0 saturated carbocycles. The first-order valence-electron chi connectivity index (χ1n) is 5.88. The average Bonchev–Trinajstić information content (AvgIpc) is 2.34. The van der Waals surface area contributed by atoms with Crippen LogP contribution in [0.1, 0.15) is 18.1 Å². The fraction of sp³-hybridized carbons (Fsp3) is 0.200. The zero-order valence-corrected chi connectivity index (χ0v) is 10.4. The van der Waals surface area contributed by atoms with E-state index >= 15 is 0 Å². The first kappa shape index (κ1) is 12.3. The standard InChI is InChI=1S/C15H16O3/c1-3-10-7-12(15(18)8-14(10)17)11-5-4-6-13(16)9(11)2/h4-8,16-18H,3H2,1-2H3. The largest absolute Gasteiger partial charge is 0.508 e. The molecule has 2 aromatic rings. The molecule has 0 aliphatic carbocycles. The van der Waals surface area contributed by atoms with E-state index in [1.165, 1.54) is 6.07 Å². The van der Waals surface area contributed by atoms with Gasteiger partial charge in [0, 0.05) is 11.6 Å². The van der Waals surface area contributed by atoms with Gasteiger partial charge in [-0.2, -0.15) is 0 Å². The molecular formula is C15H16O3. The molecule has 3 N–H and O–H groups in total. The van der Waals surface area contributed by atoms with Crippen molar-refractivity contribution in [3.63, 3.8) is 0 Å². The van der Waals surface area contributed by atoms with Crippen LogP contribution in [-0.2, 0) is 6.42 Å². The van der Waals surface area contributed by atoms with E-state index in [0.717, 1.165) is 11.1 Å². The zero-order valence-electron chi connectivity index (χ0n) is 10.4. The van der Waals surface area contributed by atoms with Gasteiger partial charge in [-0.05, 0) is 42.2 Å². The lowest BCUT2D eigenvalue weighted by molar-refractivity contribution is 0.447. The van der Waals surface area contributed by atoms with Gasteiger partial charge in [-0.25, -0.2) is 0 Å². The van der Waals surface area contributed by atoms with E-state index in [1.54, 1.807) is 25.1 Å². The van der Waals surface area contributed by atoms with Crippen LogP contribution in [0.5, 0.6) is 17.2 Å². The maximum absolute atomic E-state index is 9.94. The Hall–Kier alpha value is -2.16. The summed E-state index contributed by atoms with van der Waals surface area (Å²) in [6.07, 6.45) is 0.678. The molecule has 2 aromatic carbocycles. The minimum atomic E-state index is 0.0124. The molecule has 0 fully saturated rings. The van der Waals surface area contributed by atoms with E-state index in [0.29, 0.717) is 17.5 Å². The summed E-state index contributed by atoms with van der Waals surface area (Å²) in [6.45, 7) is 3.73. The van der Waals surface area contributed by atoms with Crippen LogP contribution in [0.15, 0.2) is 30.3 Å². The van der Waals surface area contributed by atoms with E-state index in [1.807, 2.05) is 13.0 Å². The number of aryl methyl sites for hydroxylation is 1. The number of aromatic hydroxyl groups is 3. The maximum Gasteiger partial charge on any atom is 0.127 e. The van der Waals surface area contributed by atoms with E-state index in [9.17, 15) is 15.3 Å². The van der Waals surface area contributed by atoms with Gasteiger partial charge in [-0.1, -0.05) is 19.1 Å². The summed E-state index contributed by atoms with van der Waals surface area (Å²) < 4.78 is 0. The zero-order chi connectivity index (χ0) is 13.3. The highest BCUT2D eigenvalue weighted by Crippen LogP contribution is 2.38. The van der Waals surface area contributed by atoms with Gasteiger partial charge in [-0.15, -0.1) is 0 Å². The summed E-state index contributed by atoms with van der Waals surface area (Å²) in [5.41, 5.74) is 2.87. The molecule has 0 saturated heterocycles. The van der Waals surface area contributed by atoms with Crippen molar-refractivity contribution < 1.29 is 15.3 Å². The molecule has 0 amide bonds. The monoisotopic (exact) mass is 244 g/mol. The van der Waals surface area contributed by atoms with E-state index in [-0.39, 0.29) is 17.2 Å². The van der Waals surface area contributed by atoms with Crippen molar-refractivity contribution in [3.05, 3.63) is 41.5 Å². The normalized spacial score (nSPS) is 10.6. The Balaban J connectivity index is 2.67. The number of benzene rings is 2. The Morgan fingerprint density at radius 1 is 0.889 bits per heavy atom. The molecule has 94 valence electrons. The Kier molecular flexibility index (Phi) is 3.15. The van der Waals surface area contributed by atoms with Crippen LogP contribution < -0.4 is 0 Å². The van der Waals surface area contributed by atoms with E-state index < -0.39 is 0 Å². The molecule has 0 unspecified atom stereocenters. The molecule has 18 heavy (non-hydrogen) atoms. The molecule has 3 heteroatoms. The minimum absolute atomic E-state index is 0.0124. The second-order valence-corrected chi connectivity index (χ2v) is 4.30. The summed E-state index contributed by atoms with van der Waals surface area (Å²) >= 11 is 0. The quantitative estimate of drug-likeness (QED) is 0.759. The van der Waals surface area contributed by atoms with Crippen molar-refractivity contribution >= 4 is 0 Å². The molecule has 2 rings (SSSR count). The van der Waals surface area contributed by atoms with Crippen LogP contribution in [0.2, 0.25) is 0 Å². The predicted molar refractivity (Wildman–Crippen MR) is 71.0 cm³/mol. The van der Waals surface area contributed by atoms with Crippen LogP contribution in [0.25, 0.3) is 11.1 Å². The molecule has 0 aliphatic heterocycles. The SMILES string of the molecule is CCc1cc(-c2cccc(O)c2C)c(O)cc1O. The summed E-state index contributed by atoms with van der Waals surface area (Å²) in [6, 6.07) is 8.28. The molecule has 0 radical (unpaired) electrons. The van der Waals surface area contributed by atoms with Crippen molar-refractivity contribution in [2.75, 3.05) is 0 Å². The summed E-state index contributed by atoms with van der Waals surface area (Å²) in [7, 11) is 0. The Morgan fingerprint density at radius 2 is 1.61 bits per heavy atom. The van der Waals surface area contributed by atoms with Gasteiger partial charge < -0.3 is 15.3 Å². The van der Waals surface area contributed by atoms with Crippen molar-refractivity contribution in [2.24, 2.45) is 0 Å². The van der Waals surface area contributed by atoms with Crippen LogP contribution in [0.4, 0.5) is 0 Å². The first-order chi connectivity index (χ1) is 8.54. The van der Waals surface area contributed by atoms with Gasteiger partial charge in [0.15, 0.2) is 0 Å². The summed E-state index contributed by atoms with van der Waals surface area (Å²) in [4.78, 5) is 0. The van der Waals surface area contributed by atoms with Crippen molar-refractivity contribution in [2.45, 2.75) is 20.3 Å². The van der Waals surface area contributed by atoms with Crippen LogP contribution >= 0.6 is 0 Å². The molecule has 0 aliphatic rings. The lowest BCUT2D eigenvalue weighted by Crippen LogP contribution is -1.88. The van der Waals surface area contributed by atoms with Crippen molar-refractivity contribution in [1.82, 2.24) is 0 Å². The van der Waals surface area contributed by atoms with Gasteiger partial charge in [0.1, 0.15) is 17.2 Å². The number of rotatable bonds is 2. The third-order valence-corrected chi connectivity index (χ3v) is 3.17. The molecule has 0 spiro atoms. The Morgan fingerprint density at radius 3 is 2.28 bits per heavy atom. The fourth-order valence-electron chi connectivity index (χ4n) is 2.04. The van der Waals surface area contributed by atoms with Gasteiger partial charge in [-0.3, -0.25) is 0 Å². The lowest BCUT2D eigenvalue weighted by atomic mass is 9.96. The Bertz CT molecular complexity index is 589. The molecular weight excluding hydrogens is 228 g/mol. The van der Waals surface area contributed by atoms with Crippen molar-refractivity contribution in [1.29, 1.82) is 0 Å². The highest BCUT2D eigenvalue weighted by Gasteiger charge is 2.12. The van der Waals surface area contributed by atoms with Gasteiger partial charge in [0.2, 0.25) is 0 Å². The molecule has 0 bridgehead atoms. The Labute approximate surface area is 106 Å². The maximum atomic E-state index is 9.94. The van der Waals surface area contributed by atoms with E-state index in [4.69, 9.17) is 0 Å². The number of phenols is 3. The van der Waals surface area contributed by atoms with Crippen LogP contribution in [0.3, 0.4) is 0 Å². The molecule has 3 nitrogen and oxygen atoms in total. The summed E-state index contributed by atoms with van der Waals surface area (Å²) in [5, 5.41) is 29.3. The molecule has 0 heterocycles. The number of hydrogen-bond donors (Lipinski definition) is 3. The first-order valence-corrected chi connectivity index (χ1v) is 5.88. The average molecular weight is 244 g/mol. The minimum Gasteiger partial charge on any atom is -0.508 e. The number of hydrogen-bond acceptors (Lipinski definition) is 3. The third-order valence-electron chi connectivity index (χ3n) is 3.17. The topological polar surface area (TPSA) is 60.7 Å². The second kappa shape index (κ2) is 4.61. The molecule has 0 aromatic heterocycles. The highest BCUT2D eigenvalue weighted by atomic mass is 16.3. The van der Waals surface area contributed by atoms with Crippen molar-refractivity contribution in [3.8, 4) is 28.4 Å². The number of phenolic OH excluding ortho intramolecular Hbond substituents is 3. The van der Waals surface area contributed by atoms with Gasteiger partial charge in [0.25, 0.3) is 0 Å². The smallest absolute Gasteiger partial charge is 0.127 e. The second-order valence-electron chi connectivity index (χ2n) is 4.30. The predicted octanol–water partition coefficient (Wildman–Crippen LogP) is 3.34.